The fourth-order valence-electron chi connectivity index (χ4n) is 5.34. The van der Waals surface area contributed by atoms with E-state index in [1.165, 1.54) is 12.5 Å². The Morgan fingerprint density at radius 2 is 1.08 bits per heavy atom. The Hall–Kier alpha value is -5.76. The van der Waals surface area contributed by atoms with E-state index in [0.29, 0.717) is 18.5 Å². The van der Waals surface area contributed by atoms with Gasteiger partial charge in [-0.3, -0.25) is 43.2 Å². The molecule has 25 nitrogen and oxygen atoms in total. The molecule has 1 aromatic heterocycles. The van der Waals surface area contributed by atoms with Crippen molar-refractivity contribution in [1.82, 2.24) is 47.2 Å². The lowest BCUT2D eigenvalue weighted by Gasteiger charge is -2.28. The van der Waals surface area contributed by atoms with Gasteiger partial charge in [0.15, 0.2) is 0 Å². The highest BCUT2D eigenvalue weighted by Crippen LogP contribution is 2.10. The molecule has 0 spiro atoms. The van der Waals surface area contributed by atoms with E-state index in [9.17, 15) is 58.5 Å². The molecular formula is C35H60N12O13. The Balaban J connectivity index is 3.19. The lowest BCUT2D eigenvalue weighted by atomic mass is 10.0. The summed E-state index contributed by atoms with van der Waals surface area (Å²) < 4.78 is 0. The number of aliphatic hydroxyl groups excluding tert-OH is 3. The van der Waals surface area contributed by atoms with Gasteiger partial charge in [-0.15, -0.1) is 0 Å². The van der Waals surface area contributed by atoms with Crippen LogP contribution in [0.25, 0.3) is 0 Å². The number of nitrogens with zero attached hydrogens (tertiary/aromatic N) is 1. The molecular weight excluding hydrogens is 796 g/mol. The number of nitrogens with two attached hydrogens (primary N) is 3. The van der Waals surface area contributed by atoms with Crippen LogP contribution >= 0.6 is 0 Å². The van der Waals surface area contributed by atoms with Crippen LogP contribution in [0.5, 0.6) is 0 Å². The summed E-state index contributed by atoms with van der Waals surface area (Å²) in [4.78, 5) is 122. The van der Waals surface area contributed by atoms with Gasteiger partial charge in [-0.25, -0.2) is 4.98 Å². The Morgan fingerprint density at radius 3 is 1.52 bits per heavy atom. The normalized spacial score (nSPS) is 15.1. The van der Waals surface area contributed by atoms with Gasteiger partial charge < -0.3 is 79.8 Å². The minimum absolute atomic E-state index is 0.0188. The van der Waals surface area contributed by atoms with Crippen molar-refractivity contribution >= 4 is 53.2 Å². The van der Waals surface area contributed by atoms with Crippen LogP contribution in [0.4, 0.5) is 0 Å². The summed E-state index contributed by atoms with van der Waals surface area (Å²) in [5.74, 6) is -9.36. The van der Waals surface area contributed by atoms with Crippen LogP contribution in [0.15, 0.2) is 12.5 Å². The monoisotopic (exact) mass is 856 g/mol. The molecule has 0 radical (unpaired) electrons. The van der Waals surface area contributed by atoms with Crippen LogP contribution in [0.3, 0.4) is 0 Å². The Kier molecular flexibility index (Phi) is 23.6. The van der Waals surface area contributed by atoms with Crippen LogP contribution < -0.4 is 54.4 Å². The van der Waals surface area contributed by atoms with Crippen molar-refractivity contribution in [1.29, 1.82) is 0 Å². The molecule has 0 aliphatic heterocycles. The maximum atomic E-state index is 13.7. The number of carboxylic acid groups (broad SMARTS) is 1. The van der Waals surface area contributed by atoms with Crippen molar-refractivity contribution in [3.8, 4) is 0 Å². The lowest BCUT2D eigenvalue weighted by Crippen LogP contribution is -2.61. The van der Waals surface area contributed by atoms with Crippen molar-refractivity contribution in [3.63, 3.8) is 0 Å². The Morgan fingerprint density at radius 1 is 0.650 bits per heavy atom. The first-order chi connectivity index (χ1) is 28.3. The molecule has 0 unspecified atom stereocenters. The molecule has 0 saturated carbocycles. The number of aromatic nitrogens is 2. The number of hydrogen-bond donors (Lipinski definition) is 15. The number of unbranched alkanes of at least 4 members (excludes halogenated alkanes) is 1. The number of hydrogen-bond acceptors (Lipinski definition) is 15. The lowest BCUT2D eigenvalue weighted by molar-refractivity contribution is -0.142. The number of nitrogens with one attached hydrogen (secondary N) is 8. The first-order valence-electron chi connectivity index (χ1n) is 19.2. The fraction of sp³-hybridized carbons (Fsp3) is 0.657. The molecule has 60 heavy (non-hydrogen) atoms. The second kappa shape index (κ2) is 27.1. The number of carbonyl (C=O) groups is 9. The van der Waals surface area contributed by atoms with Gasteiger partial charge >= 0.3 is 5.97 Å². The number of aliphatic hydroxyl groups is 3. The van der Waals surface area contributed by atoms with E-state index >= 15 is 0 Å². The van der Waals surface area contributed by atoms with Gasteiger partial charge in [-0.05, 0) is 51.5 Å². The van der Waals surface area contributed by atoms with E-state index in [1.807, 2.05) is 0 Å². The van der Waals surface area contributed by atoms with Gasteiger partial charge in [-0.2, -0.15) is 0 Å². The summed E-state index contributed by atoms with van der Waals surface area (Å²) in [5, 5.41) is 54.8. The van der Waals surface area contributed by atoms with Crippen molar-refractivity contribution in [2.24, 2.45) is 23.1 Å². The number of carbonyl (C=O) groups excluding carboxylic acids is 8. The number of carboxylic acids is 1. The van der Waals surface area contributed by atoms with E-state index in [-0.39, 0.29) is 38.1 Å². The molecule has 1 rings (SSSR count). The van der Waals surface area contributed by atoms with E-state index in [1.54, 1.807) is 13.8 Å². The van der Waals surface area contributed by atoms with Crippen LogP contribution in [0.1, 0.15) is 65.0 Å². The van der Waals surface area contributed by atoms with Gasteiger partial charge in [0.1, 0.15) is 42.3 Å². The van der Waals surface area contributed by atoms with E-state index in [4.69, 9.17) is 22.3 Å². The smallest absolute Gasteiger partial charge is 0.325 e. The third-order valence-corrected chi connectivity index (χ3v) is 8.74. The molecule has 0 aliphatic carbocycles. The van der Waals surface area contributed by atoms with Gasteiger partial charge in [0.05, 0.1) is 32.2 Å². The zero-order chi connectivity index (χ0) is 45.5. The number of imidazole rings is 1. The largest absolute Gasteiger partial charge is 0.480 e. The van der Waals surface area contributed by atoms with Crippen molar-refractivity contribution in [3.05, 3.63) is 18.2 Å². The molecule has 8 atom stereocenters. The van der Waals surface area contributed by atoms with Gasteiger partial charge in [0, 0.05) is 24.7 Å². The summed E-state index contributed by atoms with van der Waals surface area (Å²) in [6.45, 7) is 1.95. The van der Waals surface area contributed by atoms with Crippen LogP contribution in [-0.4, -0.2) is 158 Å². The standard InChI is InChI=1S/C35H60N12O13/c1-17(2)10-23(31(55)43-22(7-8-27(38)51)30(54)46-24(13-48)32(56)41-18(3)35(59)60)44-29(53)21(6-4-5-9-36)42-33(57)26(15-50)47-34(58)25(14-49)45-28(52)20(37)11-19-12-39-16-40-19/h12,16-18,20-26,48-50H,4-11,13-15,36-37H2,1-3H3,(H2,38,51)(H,39,40)(H,41,56)(H,42,57)(H,43,55)(H,44,53)(H,45,52)(H,46,54)(H,47,58)(H,59,60)/t18-,20-,21-,22-,23-,24-,25-,26-/m0/s1. The molecule has 8 amide bonds. The SMILES string of the molecule is CC(C)C[C@H](NC(=O)[C@H](CCCCN)NC(=O)[C@H](CO)NC(=O)[C@H](CO)NC(=O)[C@@H](N)Cc1cnc[nH]1)C(=O)N[C@@H](CCC(N)=O)C(=O)N[C@@H](CO)C(=O)N[C@@H](C)C(=O)O. The first-order valence-corrected chi connectivity index (χ1v) is 19.2. The highest BCUT2D eigenvalue weighted by atomic mass is 16.4. The number of amides is 8. The Bertz CT molecular complexity index is 1600. The van der Waals surface area contributed by atoms with Gasteiger partial charge in [-0.1, -0.05) is 13.8 Å². The zero-order valence-corrected chi connectivity index (χ0v) is 33.8. The average molecular weight is 857 g/mol. The number of aliphatic carboxylic acids is 1. The highest BCUT2D eigenvalue weighted by Gasteiger charge is 2.34. The molecule has 0 fully saturated rings. The minimum Gasteiger partial charge on any atom is -0.480 e. The summed E-state index contributed by atoms with van der Waals surface area (Å²) >= 11 is 0. The average Bonchev–Trinajstić information content (AvgIpc) is 3.71. The molecule has 0 bridgehead atoms. The second-order valence-corrected chi connectivity index (χ2v) is 14.3. The third kappa shape index (κ3) is 18.9. The molecule has 25 heteroatoms. The van der Waals surface area contributed by atoms with Crippen molar-refractivity contribution < 1.29 is 63.6 Å². The van der Waals surface area contributed by atoms with E-state index in [0.717, 1.165) is 6.92 Å². The topological polar surface area (TPSA) is 425 Å². The fourth-order valence-corrected chi connectivity index (χ4v) is 5.34. The van der Waals surface area contributed by atoms with E-state index in [2.05, 4.69) is 47.2 Å². The maximum Gasteiger partial charge on any atom is 0.325 e. The second-order valence-electron chi connectivity index (χ2n) is 14.3. The number of rotatable bonds is 29. The maximum absolute atomic E-state index is 13.7. The molecule has 0 aromatic carbocycles. The van der Waals surface area contributed by atoms with Crippen LogP contribution in [-0.2, 0) is 49.6 Å². The number of aromatic amines is 1. The van der Waals surface area contributed by atoms with Crippen molar-refractivity contribution in [2.45, 2.75) is 114 Å². The predicted octanol–water partition coefficient (Wildman–Crippen LogP) is -6.80. The summed E-state index contributed by atoms with van der Waals surface area (Å²) in [6, 6.07) is -11.8. The summed E-state index contributed by atoms with van der Waals surface area (Å²) in [6.07, 6.45) is 2.69. The highest BCUT2D eigenvalue weighted by molar-refractivity contribution is 5.97. The minimum atomic E-state index is -1.69. The van der Waals surface area contributed by atoms with Gasteiger partial charge in [0.25, 0.3) is 0 Å². The van der Waals surface area contributed by atoms with Crippen LogP contribution in [0.2, 0.25) is 0 Å². The molecule has 338 valence electrons. The summed E-state index contributed by atoms with van der Waals surface area (Å²) in [7, 11) is 0. The molecule has 18 N–H and O–H groups in total. The van der Waals surface area contributed by atoms with Crippen molar-refractivity contribution in [2.75, 3.05) is 26.4 Å². The number of H-pyrrole nitrogens is 1. The van der Waals surface area contributed by atoms with Crippen LogP contribution in [0, 0.1) is 5.92 Å². The van der Waals surface area contributed by atoms with Gasteiger partial charge in [0.2, 0.25) is 47.3 Å². The predicted molar refractivity (Wildman–Crippen MR) is 209 cm³/mol. The number of primary amides is 1. The molecule has 1 aromatic rings. The quantitative estimate of drug-likeness (QED) is 0.0333. The molecule has 0 saturated heterocycles. The molecule has 1 heterocycles. The Labute approximate surface area is 345 Å². The molecule has 0 aliphatic rings. The summed E-state index contributed by atoms with van der Waals surface area (Å²) in [5.41, 5.74) is 17.3. The van der Waals surface area contributed by atoms with E-state index < -0.39 is 128 Å². The first kappa shape index (κ1) is 52.3. The third-order valence-electron chi connectivity index (χ3n) is 8.74. The zero-order valence-electron chi connectivity index (χ0n) is 33.8.